The molecule has 0 unspecified atom stereocenters. The van der Waals surface area contributed by atoms with Crippen LogP contribution in [0.2, 0.25) is 0 Å². The number of nitrogens with zero attached hydrogens (tertiary/aromatic N) is 4. The van der Waals surface area contributed by atoms with E-state index in [0.717, 1.165) is 17.9 Å². The normalized spacial score (nSPS) is 14.7. The second kappa shape index (κ2) is 9.34. The number of thioether (sulfide) groups is 1. The van der Waals surface area contributed by atoms with Crippen LogP contribution in [0.5, 0.6) is 5.75 Å². The number of carbonyl (C=O) groups is 1. The summed E-state index contributed by atoms with van der Waals surface area (Å²) in [5.74, 6) is 0.244. The van der Waals surface area contributed by atoms with Crippen molar-refractivity contribution in [3.63, 3.8) is 0 Å². The van der Waals surface area contributed by atoms with Gasteiger partial charge >= 0.3 is 5.69 Å². The Morgan fingerprint density at radius 1 is 1.27 bits per heavy atom. The van der Waals surface area contributed by atoms with Gasteiger partial charge in [-0.25, -0.2) is 18.9 Å². The van der Waals surface area contributed by atoms with E-state index in [1.54, 1.807) is 36.3 Å². The highest BCUT2D eigenvalue weighted by atomic mass is 32.2. The molecule has 8 nitrogen and oxygen atoms in total. The van der Waals surface area contributed by atoms with Crippen LogP contribution in [0, 0.1) is 0 Å². The Morgan fingerprint density at radius 3 is 2.87 bits per heavy atom. The van der Waals surface area contributed by atoms with Crippen LogP contribution in [0.25, 0.3) is 5.65 Å². The molecule has 2 heterocycles. The lowest BCUT2D eigenvalue weighted by molar-refractivity contribution is -0.117. The molecule has 2 aromatic heterocycles. The van der Waals surface area contributed by atoms with Gasteiger partial charge in [0.05, 0.1) is 12.3 Å². The maximum atomic E-state index is 12.8. The van der Waals surface area contributed by atoms with E-state index in [-0.39, 0.29) is 18.1 Å². The monoisotopic (exact) mass is 427 g/mol. The number of benzene rings is 1. The summed E-state index contributed by atoms with van der Waals surface area (Å²) < 4.78 is 8.17. The molecule has 4 rings (SSSR count). The summed E-state index contributed by atoms with van der Waals surface area (Å²) in [6.45, 7) is 2.19. The van der Waals surface area contributed by atoms with Crippen LogP contribution in [-0.4, -0.2) is 36.9 Å². The van der Waals surface area contributed by atoms with Crippen molar-refractivity contribution in [3.8, 4) is 5.75 Å². The zero-order chi connectivity index (χ0) is 20.9. The van der Waals surface area contributed by atoms with Gasteiger partial charge in [0.25, 0.3) is 0 Å². The van der Waals surface area contributed by atoms with Crippen LogP contribution in [0.1, 0.15) is 39.0 Å². The summed E-state index contributed by atoms with van der Waals surface area (Å²) in [6.07, 6.45) is 9.25. The summed E-state index contributed by atoms with van der Waals surface area (Å²) in [5, 5.41) is 8.45. The largest absolute Gasteiger partial charge is 0.492 e. The van der Waals surface area contributed by atoms with Crippen LogP contribution >= 0.6 is 11.8 Å². The first kappa shape index (κ1) is 20.5. The molecule has 1 fully saturated rings. The molecule has 0 atom stereocenters. The Hall–Kier alpha value is -2.81. The summed E-state index contributed by atoms with van der Waals surface area (Å²) in [6, 6.07) is 7.20. The number of ether oxygens (including phenoxy) is 1. The molecule has 1 aromatic carbocycles. The van der Waals surface area contributed by atoms with Gasteiger partial charge in [-0.2, -0.15) is 0 Å². The molecule has 1 N–H and O–H groups in total. The quantitative estimate of drug-likeness (QED) is 0.622. The Kier molecular flexibility index (Phi) is 6.37. The van der Waals surface area contributed by atoms with Gasteiger partial charge in [-0.15, -0.1) is 5.10 Å². The van der Waals surface area contributed by atoms with Crippen molar-refractivity contribution in [1.82, 2.24) is 19.2 Å². The van der Waals surface area contributed by atoms with Crippen LogP contribution in [-0.2, 0) is 11.3 Å². The summed E-state index contributed by atoms with van der Waals surface area (Å²) in [5.41, 5.74) is 0.711. The molecule has 158 valence electrons. The van der Waals surface area contributed by atoms with Crippen molar-refractivity contribution in [2.24, 2.45) is 0 Å². The lowest BCUT2D eigenvalue weighted by atomic mass is 10.0. The van der Waals surface area contributed by atoms with E-state index in [1.165, 1.54) is 28.3 Å². The first-order valence-electron chi connectivity index (χ1n) is 10.3. The van der Waals surface area contributed by atoms with E-state index < -0.39 is 0 Å². The zero-order valence-corrected chi connectivity index (χ0v) is 17.7. The number of carbonyl (C=O) groups excluding carboxylic acids is 1. The molecule has 0 bridgehead atoms. The highest BCUT2D eigenvalue weighted by Crippen LogP contribution is 2.33. The van der Waals surface area contributed by atoms with Gasteiger partial charge in [0.1, 0.15) is 17.3 Å². The van der Waals surface area contributed by atoms with Crippen LogP contribution in [0.15, 0.2) is 46.5 Å². The Morgan fingerprint density at radius 2 is 2.07 bits per heavy atom. The van der Waals surface area contributed by atoms with Crippen LogP contribution in [0.4, 0.5) is 5.69 Å². The average Bonchev–Trinajstić information content (AvgIpc) is 3.07. The molecule has 0 radical (unpaired) electrons. The highest BCUT2D eigenvalue weighted by Gasteiger charge is 2.20. The number of hydrogen-bond donors (Lipinski definition) is 1. The number of aromatic nitrogens is 4. The first-order chi connectivity index (χ1) is 14.7. The molecule has 1 amide bonds. The number of anilines is 1. The molecule has 1 saturated carbocycles. The van der Waals surface area contributed by atoms with E-state index in [9.17, 15) is 9.59 Å². The van der Waals surface area contributed by atoms with Crippen molar-refractivity contribution in [1.29, 1.82) is 0 Å². The van der Waals surface area contributed by atoms with Crippen molar-refractivity contribution in [2.75, 3.05) is 11.9 Å². The van der Waals surface area contributed by atoms with Gasteiger partial charge in [0.15, 0.2) is 5.65 Å². The highest BCUT2D eigenvalue weighted by molar-refractivity contribution is 8.00. The molecule has 3 aromatic rings. The van der Waals surface area contributed by atoms with Crippen molar-refractivity contribution in [3.05, 3.63) is 47.1 Å². The molecular formula is C21H25N5O3S. The third-order valence-corrected chi connectivity index (χ3v) is 6.37. The van der Waals surface area contributed by atoms with Gasteiger partial charge in [-0.05, 0) is 31.9 Å². The Bertz CT molecular complexity index is 1090. The molecule has 0 spiro atoms. The number of hydrogen-bond acceptors (Lipinski definition) is 6. The van der Waals surface area contributed by atoms with Gasteiger partial charge < -0.3 is 10.1 Å². The maximum Gasteiger partial charge on any atom is 0.350 e. The zero-order valence-electron chi connectivity index (χ0n) is 16.9. The second-order valence-corrected chi connectivity index (χ2v) is 8.51. The number of amides is 1. The summed E-state index contributed by atoms with van der Waals surface area (Å²) >= 11 is 1.68. The van der Waals surface area contributed by atoms with Crippen molar-refractivity contribution >= 4 is 29.0 Å². The molecule has 30 heavy (non-hydrogen) atoms. The smallest absolute Gasteiger partial charge is 0.350 e. The standard InChI is InChI=1S/C21H25N5O3S/c1-2-29-17-11-7-6-10-16(17)23-18(27)14-26-21(28)25-13-12-22-20(19(25)24-26)30-15-8-4-3-5-9-15/h6-7,10-13,15H,2-5,8-9,14H2,1H3,(H,23,27). The molecule has 1 aliphatic carbocycles. The SMILES string of the molecule is CCOc1ccccc1NC(=O)Cn1nc2c(SC3CCCCC3)nccn2c1=O. The van der Waals surface area contributed by atoms with Gasteiger partial charge in [0.2, 0.25) is 5.91 Å². The van der Waals surface area contributed by atoms with Gasteiger partial charge in [-0.3, -0.25) is 4.79 Å². The molecule has 0 aliphatic heterocycles. The van der Waals surface area contributed by atoms with E-state index >= 15 is 0 Å². The third-order valence-electron chi connectivity index (χ3n) is 5.05. The number of fused-ring (bicyclic) bond motifs is 1. The predicted octanol–water partition coefficient (Wildman–Crippen LogP) is 3.35. The minimum atomic E-state index is -0.355. The first-order valence-corrected chi connectivity index (χ1v) is 11.2. The Labute approximate surface area is 178 Å². The van der Waals surface area contributed by atoms with Gasteiger partial charge in [0, 0.05) is 17.6 Å². The molecule has 0 saturated heterocycles. The fourth-order valence-electron chi connectivity index (χ4n) is 3.63. The van der Waals surface area contributed by atoms with Gasteiger partial charge in [-0.1, -0.05) is 43.2 Å². The predicted molar refractivity (Wildman–Crippen MR) is 116 cm³/mol. The molecule has 1 aliphatic rings. The number of para-hydroxylation sites is 2. The molecule has 9 heteroatoms. The van der Waals surface area contributed by atoms with E-state index in [0.29, 0.717) is 28.9 Å². The Balaban J connectivity index is 1.53. The van der Waals surface area contributed by atoms with Crippen LogP contribution in [0.3, 0.4) is 0 Å². The lowest BCUT2D eigenvalue weighted by Gasteiger charge is -2.20. The minimum Gasteiger partial charge on any atom is -0.492 e. The lowest BCUT2D eigenvalue weighted by Crippen LogP contribution is -2.28. The van der Waals surface area contributed by atoms with E-state index in [4.69, 9.17) is 4.74 Å². The number of rotatable bonds is 7. The summed E-state index contributed by atoms with van der Waals surface area (Å²) in [7, 11) is 0. The van der Waals surface area contributed by atoms with E-state index in [2.05, 4.69) is 15.4 Å². The number of nitrogens with one attached hydrogen (secondary N) is 1. The summed E-state index contributed by atoms with van der Waals surface area (Å²) in [4.78, 5) is 29.8. The van der Waals surface area contributed by atoms with Crippen LogP contribution < -0.4 is 15.7 Å². The maximum absolute atomic E-state index is 12.8. The third kappa shape index (κ3) is 4.51. The topological polar surface area (TPSA) is 90.5 Å². The fourth-order valence-corrected chi connectivity index (χ4v) is 4.88. The van der Waals surface area contributed by atoms with E-state index in [1.807, 2.05) is 19.1 Å². The minimum absolute atomic E-state index is 0.186. The van der Waals surface area contributed by atoms with Crippen molar-refractivity contribution in [2.45, 2.75) is 55.8 Å². The second-order valence-electron chi connectivity index (χ2n) is 7.22. The fraction of sp³-hybridized carbons (Fsp3) is 0.429. The molecular weight excluding hydrogens is 402 g/mol. The average molecular weight is 428 g/mol. The van der Waals surface area contributed by atoms with Crippen molar-refractivity contribution < 1.29 is 9.53 Å².